The van der Waals surface area contributed by atoms with Crippen molar-refractivity contribution in [3.63, 3.8) is 0 Å². The van der Waals surface area contributed by atoms with Crippen molar-refractivity contribution in [3.8, 4) is 0 Å². The first kappa shape index (κ1) is 10.1. The van der Waals surface area contributed by atoms with Gasteiger partial charge in [0.2, 0.25) is 5.91 Å². The van der Waals surface area contributed by atoms with Crippen molar-refractivity contribution in [1.29, 1.82) is 0 Å². The highest BCUT2D eigenvalue weighted by atomic mass is 32.1. The van der Waals surface area contributed by atoms with Crippen LogP contribution in [0.2, 0.25) is 0 Å². The van der Waals surface area contributed by atoms with Crippen LogP contribution in [-0.4, -0.2) is 20.9 Å². The van der Waals surface area contributed by atoms with Crippen molar-refractivity contribution in [2.45, 2.75) is 18.7 Å². The summed E-state index contributed by atoms with van der Waals surface area (Å²) >= 11 is 4.01. The fraction of sp³-hybridized carbons (Fsp3) is 0.500. The Hall–Kier alpha value is -0.970. The first-order chi connectivity index (χ1) is 6.09. The number of hydrogen-bond acceptors (Lipinski definition) is 3. The second-order valence-electron chi connectivity index (χ2n) is 2.92. The van der Waals surface area contributed by atoms with Gasteiger partial charge in [0.15, 0.2) is 0 Å². The molecule has 5 heteroatoms. The van der Waals surface area contributed by atoms with E-state index in [-0.39, 0.29) is 11.2 Å². The van der Waals surface area contributed by atoms with Gasteiger partial charge in [0.25, 0.3) is 0 Å². The molecule has 1 rings (SSSR count). The summed E-state index contributed by atoms with van der Waals surface area (Å²) in [6.45, 7) is 2.25. The van der Waals surface area contributed by atoms with Crippen LogP contribution in [0, 0.1) is 0 Å². The normalized spacial score (nSPS) is 12.5. The average Bonchev–Trinajstić information content (AvgIpc) is 2.47. The van der Waals surface area contributed by atoms with Gasteiger partial charge in [0.05, 0.1) is 11.4 Å². The van der Waals surface area contributed by atoms with Crippen LogP contribution in [-0.2, 0) is 18.4 Å². The monoisotopic (exact) mass is 199 g/mol. The average molecular weight is 199 g/mol. The molecule has 0 radical (unpaired) electrons. The Morgan fingerprint density at radius 1 is 1.85 bits per heavy atom. The molecule has 0 spiro atoms. The molecule has 72 valence electrons. The predicted octanol–water partition coefficient (Wildman–Crippen LogP) is 0.355. The third kappa shape index (κ3) is 3.10. The molecule has 1 N–H and O–H groups in total. The van der Waals surface area contributed by atoms with Crippen LogP contribution < -0.4 is 5.32 Å². The number of aromatic nitrogens is 2. The van der Waals surface area contributed by atoms with Crippen molar-refractivity contribution in [1.82, 2.24) is 15.1 Å². The summed E-state index contributed by atoms with van der Waals surface area (Å²) in [4.78, 5) is 11.1. The Morgan fingerprint density at radius 2 is 2.54 bits per heavy atom. The van der Waals surface area contributed by atoms with Crippen molar-refractivity contribution < 1.29 is 4.79 Å². The van der Waals surface area contributed by atoms with Crippen LogP contribution in [0.5, 0.6) is 0 Å². The Kier molecular flexibility index (Phi) is 3.36. The smallest absolute Gasteiger partial charge is 0.232 e. The SMILES string of the molecule is CC(S)C(=O)NCc1cnn(C)c1. The summed E-state index contributed by atoms with van der Waals surface area (Å²) < 4.78 is 1.70. The predicted molar refractivity (Wildman–Crippen MR) is 53.5 cm³/mol. The maximum atomic E-state index is 11.1. The van der Waals surface area contributed by atoms with E-state index < -0.39 is 0 Å². The standard InChI is InChI=1S/C8H13N3OS/c1-6(13)8(12)9-3-7-4-10-11(2)5-7/h4-6,13H,3H2,1-2H3,(H,9,12). The Balaban J connectivity index is 2.39. The molecule has 0 aromatic carbocycles. The number of rotatable bonds is 3. The van der Waals surface area contributed by atoms with E-state index in [2.05, 4.69) is 23.0 Å². The van der Waals surface area contributed by atoms with Crippen molar-refractivity contribution >= 4 is 18.5 Å². The van der Waals surface area contributed by atoms with E-state index in [4.69, 9.17) is 0 Å². The molecule has 1 unspecified atom stereocenters. The molecule has 1 aromatic rings. The van der Waals surface area contributed by atoms with Gasteiger partial charge in [0, 0.05) is 25.4 Å². The van der Waals surface area contributed by atoms with Crippen molar-refractivity contribution in [2.75, 3.05) is 0 Å². The molecule has 0 saturated heterocycles. The second kappa shape index (κ2) is 4.32. The zero-order valence-electron chi connectivity index (χ0n) is 7.69. The first-order valence-electron chi connectivity index (χ1n) is 4.03. The summed E-state index contributed by atoms with van der Waals surface area (Å²) in [5.41, 5.74) is 0.991. The zero-order valence-corrected chi connectivity index (χ0v) is 8.58. The van der Waals surface area contributed by atoms with Gasteiger partial charge in [-0.15, -0.1) is 0 Å². The number of carbonyl (C=O) groups excluding carboxylic acids is 1. The lowest BCUT2D eigenvalue weighted by Gasteiger charge is -2.04. The molecule has 0 aliphatic carbocycles. The third-order valence-electron chi connectivity index (χ3n) is 1.60. The number of nitrogens with zero attached hydrogens (tertiary/aromatic N) is 2. The van der Waals surface area contributed by atoms with Gasteiger partial charge >= 0.3 is 0 Å². The molecule has 13 heavy (non-hydrogen) atoms. The Bertz CT molecular complexity index is 295. The lowest BCUT2D eigenvalue weighted by molar-refractivity contribution is -0.120. The van der Waals surface area contributed by atoms with Crippen LogP contribution in [0.3, 0.4) is 0 Å². The van der Waals surface area contributed by atoms with E-state index >= 15 is 0 Å². The molecule has 0 saturated carbocycles. The molecular weight excluding hydrogens is 186 g/mol. The second-order valence-corrected chi connectivity index (χ2v) is 3.69. The number of aryl methyl sites for hydroxylation is 1. The van der Waals surface area contributed by atoms with Crippen LogP contribution in [0.1, 0.15) is 12.5 Å². The van der Waals surface area contributed by atoms with Gasteiger partial charge in [-0.05, 0) is 6.92 Å². The Labute approximate surface area is 82.7 Å². The van der Waals surface area contributed by atoms with E-state index in [0.29, 0.717) is 6.54 Å². The molecule has 4 nitrogen and oxygen atoms in total. The number of hydrogen-bond donors (Lipinski definition) is 2. The molecule has 1 amide bonds. The van der Waals surface area contributed by atoms with E-state index in [1.54, 1.807) is 17.8 Å². The van der Waals surface area contributed by atoms with Crippen molar-refractivity contribution in [3.05, 3.63) is 18.0 Å². The Morgan fingerprint density at radius 3 is 3.00 bits per heavy atom. The molecule has 0 aliphatic rings. The number of nitrogens with one attached hydrogen (secondary N) is 1. The van der Waals surface area contributed by atoms with Gasteiger partial charge in [0.1, 0.15) is 0 Å². The van der Waals surface area contributed by atoms with E-state index in [0.717, 1.165) is 5.56 Å². The molecular formula is C8H13N3OS. The molecule has 1 aromatic heterocycles. The fourth-order valence-corrected chi connectivity index (χ4v) is 0.991. The first-order valence-corrected chi connectivity index (χ1v) is 4.54. The summed E-state index contributed by atoms with van der Waals surface area (Å²) in [5, 5.41) is 6.46. The molecule has 0 aliphatic heterocycles. The highest BCUT2D eigenvalue weighted by molar-refractivity contribution is 7.81. The lowest BCUT2D eigenvalue weighted by Crippen LogP contribution is -2.28. The maximum Gasteiger partial charge on any atom is 0.232 e. The minimum Gasteiger partial charge on any atom is -0.351 e. The van der Waals surface area contributed by atoms with Crippen LogP contribution in [0.25, 0.3) is 0 Å². The quantitative estimate of drug-likeness (QED) is 0.690. The fourth-order valence-electron chi connectivity index (χ4n) is 0.900. The van der Waals surface area contributed by atoms with E-state index in [1.165, 1.54) is 0 Å². The summed E-state index contributed by atoms with van der Waals surface area (Å²) in [5.74, 6) is -0.0628. The minimum absolute atomic E-state index is 0.0628. The third-order valence-corrected chi connectivity index (χ3v) is 1.84. The molecule has 0 fully saturated rings. The van der Waals surface area contributed by atoms with E-state index in [1.807, 2.05) is 13.2 Å². The number of carbonyl (C=O) groups is 1. The summed E-state index contributed by atoms with van der Waals surface area (Å²) in [6.07, 6.45) is 3.59. The van der Waals surface area contributed by atoms with Gasteiger partial charge < -0.3 is 5.32 Å². The van der Waals surface area contributed by atoms with E-state index in [9.17, 15) is 4.79 Å². The topological polar surface area (TPSA) is 46.9 Å². The number of amides is 1. The highest BCUT2D eigenvalue weighted by Crippen LogP contribution is 1.97. The van der Waals surface area contributed by atoms with Gasteiger partial charge in [-0.1, -0.05) is 0 Å². The molecule has 1 heterocycles. The lowest BCUT2D eigenvalue weighted by atomic mass is 10.3. The van der Waals surface area contributed by atoms with Crippen LogP contribution in [0.4, 0.5) is 0 Å². The number of thiol groups is 1. The van der Waals surface area contributed by atoms with Gasteiger partial charge in [-0.25, -0.2) is 0 Å². The summed E-state index contributed by atoms with van der Waals surface area (Å²) in [7, 11) is 1.84. The van der Waals surface area contributed by atoms with Crippen LogP contribution >= 0.6 is 12.6 Å². The van der Waals surface area contributed by atoms with Gasteiger partial charge in [-0.3, -0.25) is 9.48 Å². The molecule has 0 bridgehead atoms. The van der Waals surface area contributed by atoms with Crippen molar-refractivity contribution in [2.24, 2.45) is 7.05 Å². The maximum absolute atomic E-state index is 11.1. The molecule has 1 atom stereocenters. The van der Waals surface area contributed by atoms with Gasteiger partial charge in [-0.2, -0.15) is 17.7 Å². The minimum atomic E-state index is -0.267. The summed E-state index contributed by atoms with van der Waals surface area (Å²) in [6, 6.07) is 0. The largest absolute Gasteiger partial charge is 0.351 e. The highest BCUT2D eigenvalue weighted by Gasteiger charge is 2.06. The zero-order chi connectivity index (χ0) is 9.84. The van der Waals surface area contributed by atoms with Crippen LogP contribution in [0.15, 0.2) is 12.4 Å².